The van der Waals surface area contributed by atoms with Crippen LogP contribution in [0.1, 0.15) is 34.4 Å². The van der Waals surface area contributed by atoms with Gasteiger partial charge in [0, 0.05) is 11.2 Å². The van der Waals surface area contributed by atoms with Gasteiger partial charge in [0.2, 0.25) is 0 Å². The van der Waals surface area contributed by atoms with E-state index in [9.17, 15) is 4.79 Å². The van der Waals surface area contributed by atoms with Gasteiger partial charge in [-0.25, -0.2) is 0 Å². The zero-order chi connectivity index (χ0) is 21.6. The summed E-state index contributed by atoms with van der Waals surface area (Å²) in [5.74, 6) is 1.19. The molecule has 6 nitrogen and oxygen atoms in total. The molecule has 0 atom stereocenters. The van der Waals surface area contributed by atoms with Crippen molar-refractivity contribution in [3.63, 3.8) is 0 Å². The van der Waals surface area contributed by atoms with Gasteiger partial charge in [0.15, 0.2) is 5.76 Å². The van der Waals surface area contributed by atoms with Gasteiger partial charge in [0.1, 0.15) is 18.1 Å². The van der Waals surface area contributed by atoms with Gasteiger partial charge in [-0.05, 0) is 53.9 Å². The van der Waals surface area contributed by atoms with Crippen LogP contribution in [0.15, 0.2) is 77.5 Å². The van der Waals surface area contributed by atoms with Crippen LogP contribution in [0.5, 0.6) is 5.75 Å². The highest BCUT2D eigenvalue weighted by atomic mass is 35.5. The Morgan fingerprint density at radius 3 is 2.74 bits per heavy atom. The number of nitrogens with one attached hydrogen (secondary N) is 1. The molecule has 0 unspecified atom stereocenters. The highest BCUT2D eigenvalue weighted by Gasteiger charge is 2.13. The van der Waals surface area contributed by atoms with E-state index in [1.165, 1.54) is 5.56 Å². The van der Waals surface area contributed by atoms with Crippen molar-refractivity contribution in [2.24, 2.45) is 0 Å². The molecule has 4 rings (SSSR count). The minimum absolute atomic E-state index is 0.211. The molecular weight excluding hydrogens is 414 g/mol. The molecule has 0 saturated heterocycles. The fourth-order valence-corrected chi connectivity index (χ4v) is 3.30. The normalized spacial score (nSPS) is 10.8. The van der Waals surface area contributed by atoms with Gasteiger partial charge in [0.05, 0.1) is 18.4 Å². The predicted octanol–water partition coefficient (Wildman–Crippen LogP) is 5.57. The fraction of sp³-hybridized carbons (Fsp3) is 0.167. The summed E-state index contributed by atoms with van der Waals surface area (Å²) >= 11 is 6.02. The van der Waals surface area contributed by atoms with Crippen molar-refractivity contribution in [2.75, 3.05) is 5.32 Å². The number of ether oxygens (including phenoxy) is 1. The molecule has 0 spiro atoms. The first-order chi connectivity index (χ1) is 15.1. The van der Waals surface area contributed by atoms with Crippen molar-refractivity contribution in [1.82, 2.24) is 9.78 Å². The highest BCUT2D eigenvalue weighted by molar-refractivity contribution is 6.30. The number of hydrogen-bond acceptors (Lipinski definition) is 4. The van der Waals surface area contributed by atoms with Gasteiger partial charge in [-0.3, -0.25) is 9.48 Å². The van der Waals surface area contributed by atoms with Gasteiger partial charge in [0.25, 0.3) is 5.91 Å². The molecule has 0 aliphatic heterocycles. The number of carbonyl (C=O) groups is 1. The Kier molecular flexibility index (Phi) is 6.38. The van der Waals surface area contributed by atoms with Crippen LogP contribution in [0.4, 0.5) is 5.69 Å². The molecule has 0 aliphatic carbocycles. The summed E-state index contributed by atoms with van der Waals surface area (Å²) in [6.07, 6.45) is 4.33. The monoisotopic (exact) mass is 435 g/mol. The maximum absolute atomic E-state index is 12.5. The van der Waals surface area contributed by atoms with E-state index in [1.54, 1.807) is 29.2 Å². The van der Waals surface area contributed by atoms with Crippen molar-refractivity contribution in [3.05, 3.63) is 101 Å². The van der Waals surface area contributed by atoms with Crippen LogP contribution in [0, 0.1) is 0 Å². The molecular formula is C24H22ClN3O3. The van der Waals surface area contributed by atoms with Crippen LogP contribution in [0.25, 0.3) is 0 Å². The van der Waals surface area contributed by atoms with E-state index in [0.29, 0.717) is 23.0 Å². The number of furan rings is 1. The summed E-state index contributed by atoms with van der Waals surface area (Å²) in [4.78, 5) is 12.5. The Morgan fingerprint density at radius 1 is 1.13 bits per heavy atom. The molecule has 0 aliphatic rings. The maximum atomic E-state index is 12.5. The third-order valence-corrected chi connectivity index (χ3v) is 4.96. The Balaban J connectivity index is 1.32. The number of halogens is 1. The molecule has 1 amide bonds. The number of amides is 1. The van der Waals surface area contributed by atoms with E-state index >= 15 is 0 Å². The number of rotatable bonds is 8. The first-order valence-electron chi connectivity index (χ1n) is 9.98. The molecule has 2 aromatic carbocycles. The van der Waals surface area contributed by atoms with E-state index in [0.717, 1.165) is 17.7 Å². The summed E-state index contributed by atoms with van der Waals surface area (Å²) in [7, 11) is 0. The molecule has 0 bridgehead atoms. The summed E-state index contributed by atoms with van der Waals surface area (Å²) in [6.45, 7) is 2.91. The van der Waals surface area contributed by atoms with Crippen molar-refractivity contribution in [1.29, 1.82) is 0 Å². The van der Waals surface area contributed by atoms with E-state index in [-0.39, 0.29) is 18.3 Å². The van der Waals surface area contributed by atoms with Gasteiger partial charge in [-0.1, -0.05) is 42.8 Å². The average Bonchev–Trinajstić information content (AvgIpc) is 3.42. The van der Waals surface area contributed by atoms with E-state index in [4.69, 9.17) is 20.8 Å². The molecule has 4 aromatic rings. The van der Waals surface area contributed by atoms with Crippen LogP contribution in [0.3, 0.4) is 0 Å². The third kappa shape index (κ3) is 5.55. The largest absolute Gasteiger partial charge is 0.486 e. The first-order valence-corrected chi connectivity index (χ1v) is 10.4. The fourth-order valence-electron chi connectivity index (χ4n) is 3.08. The van der Waals surface area contributed by atoms with Gasteiger partial charge in [-0.15, -0.1) is 0 Å². The molecule has 0 fully saturated rings. The maximum Gasteiger partial charge on any atom is 0.291 e. The van der Waals surface area contributed by atoms with Gasteiger partial charge >= 0.3 is 0 Å². The van der Waals surface area contributed by atoms with Crippen molar-refractivity contribution in [3.8, 4) is 5.75 Å². The lowest BCUT2D eigenvalue weighted by molar-refractivity contribution is 0.0992. The number of aryl methyl sites for hydroxylation is 1. The average molecular weight is 436 g/mol. The molecule has 7 heteroatoms. The van der Waals surface area contributed by atoms with Crippen LogP contribution in [-0.4, -0.2) is 15.7 Å². The van der Waals surface area contributed by atoms with Crippen LogP contribution >= 0.6 is 11.6 Å². The van der Waals surface area contributed by atoms with E-state index in [1.807, 2.05) is 48.5 Å². The molecule has 1 N–H and O–H groups in total. The topological polar surface area (TPSA) is 69.3 Å². The SMILES string of the molecule is CCc1ccc(OCc2ccc(C(=O)Nc3cnn(Cc4cccc(Cl)c4)c3)o2)cc1. The van der Waals surface area contributed by atoms with Crippen molar-refractivity contribution in [2.45, 2.75) is 26.5 Å². The minimum atomic E-state index is -0.346. The lowest BCUT2D eigenvalue weighted by atomic mass is 10.2. The van der Waals surface area contributed by atoms with Crippen LogP contribution < -0.4 is 10.1 Å². The molecule has 158 valence electrons. The Hall–Kier alpha value is -3.51. The molecule has 2 aromatic heterocycles. The number of hydrogen-bond donors (Lipinski definition) is 1. The molecule has 2 heterocycles. The zero-order valence-electron chi connectivity index (χ0n) is 17.0. The second-order valence-electron chi connectivity index (χ2n) is 7.06. The number of carbonyl (C=O) groups excluding carboxylic acids is 1. The quantitative estimate of drug-likeness (QED) is 0.392. The van der Waals surface area contributed by atoms with E-state index in [2.05, 4.69) is 17.3 Å². The second-order valence-corrected chi connectivity index (χ2v) is 7.50. The van der Waals surface area contributed by atoms with Crippen molar-refractivity contribution >= 4 is 23.2 Å². The molecule has 0 saturated carbocycles. The third-order valence-electron chi connectivity index (χ3n) is 4.72. The summed E-state index contributed by atoms with van der Waals surface area (Å²) < 4.78 is 13.1. The summed E-state index contributed by atoms with van der Waals surface area (Å²) in [5.41, 5.74) is 2.85. The van der Waals surface area contributed by atoms with Crippen LogP contribution in [0.2, 0.25) is 5.02 Å². The number of nitrogens with zero attached hydrogens (tertiary/aromatic N) is 2. The lowest BCUT2D eigenvalue weighted by Gasteiger charge is -2.05. The number of benzene rings is 2. The first kappa shape index (κ1) is 20.8. The summed E-state index contributed by atoms with van der Waals surface area (Å²) in [5, 5.41) is 7.74. The van der Waals surface area contributed by atoms with E-state index < -0.39 is 0 Å². The highest BCUT2D eigenvalue weighted by Crippen LogP contribution is 2.17. The molecule has 0 radical (unpaired) electrons. The Morgan fingerprint density at radius 2 is 1.97 bits per heavy atom. The standard InChI is InChI=1S/C24H22ClN3O3/c1-2-17-6-8-21(9-7-17)30-16-22-10-11-23(31-22)24(29)27-20-13-26-28(15-20)14-18-4-3-5-19(25)12-18/h3-13,15H,2,14,16H2,1H3,(H,27,29). The Labute approximate surface area is 185 Å². The minimum Gasteiger partial charge on any atom is -0.486 e. The number of anilines is 1. The summed E-state index contributed by atoms with van der Waals surface area (Å²) in [6, 6.07) is 18.8. The predicted molar refractivity (Wildman–Crippen MR) is 120 cm³/mol. The molecule has 31 heavy (non-hydrogen) atoms. The second kappa shape index (κ2) is 9.53. The lowest BCUT2D eigenvalue weighted by Crippen LogP contribution is -2.10. The van der Waals surface area contributed by atoms with Gasteiger partial charge < -0.3 is 14.5 Å². The van der Waals surface area contributed by atoms with Gasteiger partial charge in [-0.2, -0.15) is 5.10 Å². The Bertz CT molecular complexity index is 1160. The zero-order valence-corrected chi connectivity index (χ0v) is 17.8. The smallest absolute Gasteiger partial charge is 0.291 e. The van der Waals surface area contributed by atoms with Crippen molar-refractivity contribution < 1.29 is 13.9 Å². The van der Waals surface area contributed by atoms with Crippen LogP contribution in [-0.2, 0) is 19.6 Å². The number of aromatic nitrogens is 2.